The van der Waals surface area contributed by atoms with E-state index < -0.39 is 0 Å². The highest BCUT2D eigenvalue weighted by Gasteiger charge is 2.20. The topological polar surface area (TPSA) is 62.3 Å². The zero-order valence-corrected chi connectivity index (χ0v) is 18.8. The zero-order valence-electron chi connectivity index (χ0n) is 17.2. The van der Waals surface area contributed by atoms with Crippen LogP contribution in [0, 0.1) is 6.92 Å². The van der Waals surface area contributed by atoms with Crippen LogP contribution in [0.4, 0.5) is 10.8 Å². The van der Waals surface area contributed by atoms with Gasteiger partial charge in [0.1, 0.15) is 0 Å². The van der Waals surface area contributed by atoms with Gasteiger partial charge in [-0.25, -0.2) is 4.98 Å². The molecule has 0 radical (unpaired) electrons. The van der Waals surface area contributed by atoms with E-state index in [9.17, 15) is 9.59 Å². The number of hydrogen-bond acceptors (Lipinski definition) is 5. The summed E-state index contributed by atoms with van der Waals surface area (Å²) in [5, 5.41) is 3.53. The van der Waals surface area contributed by atoms with Gasteiger partial charge in [-0.3, -0.25) is 14.5 Å². The van der Waals surface area contributed by atoms with Crippen LogP contribution in [0.5, 0.6) is 0 Å². The molecule has 0 unspecified atom stereocenters. The molecule has 1 aromatic heterocycles. The normalized spacial score (nSPS) is 10.8. The number of fused-ring (bicyclic) bond motifs is 1. The van der Waals surface area contributed by atoms with E-state index in [-0.39, 0.29) is 17.6 Å². The van der Waals surface area contributed by atoms with E-state index in [1.54, 1.807) is 18.0 Å². The first-order valence-electron chi connectivity index (χ1n) is 9.73. The highest BCUT2D eigenvalue weighted by Crippen LogP contribution is 2.30. The van der Waals surface area contributed by atoms with Crippen LogP contribution in [0.3, 0.4) is 0 Å². The van der Waals surface area contributed by atoms with Crippen molar-refractivity contribution in [1.29, 1.82) is 0 Å². The van der Waals surface area contributed by atoms with Crippen LogP contribution in [0.1, 0.15) is 15.9 Å². The van der Waals surface area contributed by atoms with Crippen LogP contribution >= 0.6 is 23.1 Å². The Kier molecular flexibility index (Phi) is 6.34. The number of anilines is 2. The lowest BCUT2D eigenvalue weighted by Gasteiger charge is -2.16. The molecule has 4 aromatic rings. The number of carbonyl (C=O) groups excluding carboxylic acids is 2. The van der Waals surface area contributed by atoms with Crippen molar-refractivity contribution >= 4 is 55.9 Å². The van der Waals surface area contributed by atoms with Crippen LogP contribution in [0.25, 0.3) is 10.2 Å². The molecule has 0 saturated heterocycles. The van der Waals surface area contributed by atoms with Crippen molar-refractivity contribution in [3.8, 4) is 0 Å². The van der Waals surface area contributed by atoms with Crippen LogP contribution in [-0.2, 0) is 4.79 Å². The lowest BCUT2D eigenvalue weighted by atomic mass is 10.2. The highest BCUT2D eigenvalue weighted by molar-refractivity contribution is 8.00. The summed E-state index contributed by atoms with van der Waals surface area (Å²) in [5.41, 5.74) is 3.32. The quantitative estimate of drug-likeness (QED) is 0.390. The minimum absolute atomic E-state index is 0.115. The Bertz CT molecular complexity index is 1200. The molecule has 0 fully saturated rings. The third kappa shape index (κ3) is 4.95. The van der Waals surface area contributed by atoms with Gasteiger partial charge < -0.3 is 5.32 Å². The van der Waals surface area contributed by atoms with E-state index >= 15 is 0 Å². The maximum atomic E-state index is 13.2. The minimum Gasteiger partial charge on any atom is -0.325 e. The molecule has 5 nitrogen and oxygen atoms in total. The number of thioether (sulfide) groups is 1. The molecule has 0 spiro atoms. The van der Waals surface area contributed by atoms with Crippen molar-refractivity contribution in [2.45, 2.75) is 11.8 Å². The number of aryl methyl sites for hydroxylation is 1. The minimum atomic E-state index is -0.152. The maximum absolute atomic E-state index is 13.2. The van der Waals surface area contributed by atoms with Gasteiger partial charge in [-0.05, 0) is 43.3 Å². The first-order chi connectivity index (χ1) is 15.0. The van der Waals surface area contributed by atoms with Crippen LogP contribution in [0.15, 0.2) is 77.7 Å². The summed E-state index contributed by atoms with van der Waals surface area (Å²) in [6.45, 7) is 2.00. The van der Waals surface area contributed by atoms with Gasteiger partial charge in [-0.1, -0.05) is 53.3 Å². The standard InChI is InChI=1S/C24H21N3O2S2/c1-16-11-13-17(14-12-16)25-22(28)15-30-20-9-5-3-7-18(20)23(29)27(2)24-26-19-8-4-6-10-21(19)31-24/h3-14H,15H2,1-2H3,(H,25,28). The maximum Gasteiger partial charge on any atom is 0.260 e. The van der Waals surface area contributed by atoms with Crippen molar-refractivity contribution < 1.29 is 9.59 Å². The third-order valence-electron chi connectivity index (χ3n) is 4.69. The summed E-state index contributed by atoms with van der Waals surface area (Å²) in [4.78, 5) is 32.5. The van der Waals surface area contributed by atoms with E-state index in [1.165, 1.54) is 23.1 Å². The van der Waals surface area contributed by atoms with Crippen molar-refractivity contribution in [1.82, 2.24) is 4.98 Å². The number of thiazole rings is 1. The van der Waals surface area contributed by atoms with E-state index in [0.29, 0.717) is 10.7 Å². The highest BCUT2D eigenvalue weighted by atomic mass is 32.2. The summed E-state index contributed by atoms with van der Waals surface area (Å²) < 4.78 is 1.03. The predicted octanol–water partition coefficient (Wildman–Crippen LogP) is 5.61. The number of aromatic nitrogens is 1. The fourth-order valence-corrected chi connectivity index (χ4v) is 4.79. The van der Waals surface area contributed by atoms with Gasteiger partial charge >= 0.3 is 0 Å². The van der Waals surface area contributed by atoms with Crippen molar-refractivity contribution in [3.63, 3.8) is 0 Å². The lowest BCUT2D eigenvalue weighted by molar-refractivity contribution is -0.113. The number of nitrogens with zero attached hydrogens (tertiary/aromatic N) is 2. The van der Waals surface area contributed by atoms with E-state index in [1.807, 2.05) is 73.7 Å². The predicted molar refractivity (Wildman–Crippen MR) is 129 cm³/mol. The Balaban J connectivity index is 1.46. The molecule has 0 atom stereocenters. The summed E-state index contributed by atoms with van der Waals surface area (Å²) in [6.07, 6.45) is 0. The molecule has 2 amide bonds. The van der Waals surface area contributed by atoms with Gasteiger partial charge in [0.05, 0.1) is 21.5 Å². The second kappa shape index (κ2) is 9.32. The van der Waals surface area contributed by atoms with Gasteiger partial charge in [0.25, 0.3) is 5.91 Å². The first-order valence-corrected chi connectivity index (χ1v) is 11.5. The molecule has 0 bridgehead atoms. The molecule has 0 aliphatic heterocycles. The molecule has 156 valence electrons. The number of carbonyl (C=O) groups is 2. The number of nitrogens with one attached hydrogen (secondary N) is 1. The van der Waals surface area contributed by atoms with Crippen LogP contribution < -0.4 is 10.2 Å². The first kappa shape index (κ1) is 21.1. The Labute approximate surface area is 189 Å². The summed E-state index contributed by atoms with van der Waals surface area (Å²) in [6, 6.07) is 22.8. The molecular formula is C24H21N3O2S2. The fraction of sp³-hybridized carbons (Fsp3) is 0.125. The third-order valence-corrected chi connectivity index (χ3v) is 6.87. The average molecular weight is 448 g/mol. The van der Waals surface area contributed by atoms with Gasteiger partial charge in [0.15, 0.2) is 5.13 Å². The summed E-state index contributed by atoms with van der Waals surface area (Å²) in [5.74, 6) is -0.0556. The molecular weight excluding hydrogens is 426 g/mol. The molecule has 0 aliphatic carbocycles. The second-order valence-electron chi connectivity index (χ2n) is 7.03. The molecule has 4 rings (SSSR count). The van der Waals surface area contributed by atoms with Crippen molar-refractivity contribution in [2.75, 3.05) is 23.0 Å². The molecule has 0 saturated carbocycles. The average Bonchev–Trinajstić information content (AvgIpc) is 3.23. The molecule has 0 aliphatic rings. The fourth-order valence-electron chi connectivity index (χ4n) is 3.02. The van der Waals surface area contributed by atoms with Crippen LogP contribution in [-0.4, -0.2) is 29.6 Å². The van der Waals surface area contributed by atoms with Crippen molar-refractivity contribution in [2.24, 2.45) is 0 Å². The zero-order chi connectivity index (χ0) is 21.8. The Morgan fingerprint density at radius 3 is 2.48 bits per heavy atom. The number of amides is 2. The largest absolute Gasteiger partial charge is 0.325 e. The lowest BCUT2D eigenvalue weighted by Crippen LogP contribution is -2.26. The summed E-state index contributed by atoms with van der Waals surface area (Å²) in [7, 11) is 1.73. The number of para-hydroxylation sites is 1. The van der Waals surface area contributed by atoms with E-state index in [4.69, 9.17) is 0 Å². The number of hydrogen-bond donors (Lipinski definition) is 1. The Hall–Kier alpha value is -3.16. The second-order valence-corrected chi connectivity index (χ2v) is 9.05. The van der Waals surface area contributed by atoms with Gasteiger partial charge in [-0.15, -0.1) is 11.8 Å². The SMILES string of the molecule is Cc1ccc(NC(=O)CSc2ccccc2C(=O)N(C)c2nc3ccccc3s2)cc1. The molecule has 1 heterocycles. The molecule has 7 heteroatoms. The van der Waals surface area contributed by atoms with Gasteiger partial charge in [0.2, 0.25) is 5.91 Å². The van der Waals surface area contributed by atoms with E-state index in [0.717, 1.165) is 26.4 Å². The molecule has 1 N–H and O–H groups in total. The smallest absolute Gasteiger partial charge is 0.260 e. The number of rotatable bonds is 6. The summed E-state index contributed by atoms with van der Waals surface area (Å²) >= 11 is 2.82. The van der Waals surface area contributed by atoms with Gasteiger partial charge in [-0.2, -0.15) is 0 Å². The molecule has 3 aromatic carbocycles. The van der Waals surface area contributed by atoms with Crippen molar-refractivity contribution in [3.05, 3.63) is 83.9 Å². The van der Waals surface area contributed by atoms with Crippen LogP contribution in [0.2, 0.25) is 0 Å². The Morgan fingerprint density at radius 1 is 1.00 bits per heavy atom. The molecule has 31 heavy (non-hydrogen) atoms. The number of benzene rings is 3. The monoisotopic (exact) mass is 447 g/mol. The van der Waals surface area contributed by atoms with E-state index in [2.05, 4.69) is 10.3 Å². The van der Waals surface area contributed by atoms with Gasteiger partial charge in [0, 0.05) is 17.6 Å². The Morgan fingerprint density at radius 2 is 1.71 bits per heavy atom.